The molecule has 1 rings (SSSR count). The minimum atomic E-state index is -1.15. The maximum atomic E-state index is 11.4. The molecule has 1 unspecified atom stereocenters. The van der Waals surface area contributed by atoms with Crippen LogP contribution in [0.15, 0.2) is 18.2 Å². The van der Waals surface area contributed by atoms with Crippen LogP contribution in [0.2, 0.25) is 0 Å². The molecule has 0 bridgehead atoms. The zero-order valence-electron chi connectivity index (χ0n) is 10.4. The number of terminal acetylenes is 1. The minimum absolute atomic E-state index is 0.218. The summed E-state index contributed by atoms with van der Waals surface area (Å²) >= 11 is 0. The third-order valence-electron chi connectivity index (χ3n) is 2.77. The molecule has 0 heterocycles. The molecule has 90 valence electrons. The highest BCUT2D eigenvalue weighted by molar-refractivity contribution is 5.80. The molecule has 0 aliphatic rings. The van der Waals surface area contributed by atoms with E-state index < -0.39 is 11.5 Å². The lowest BCUT2D eigenvalue weighted by molar-refractivity contribution is -0.144. The number of carboxylic acid groups (broad SMARTS) is 1. The van der Waals surface area contributed by atoms with Gasteiger partial charge in [0.15, 0.2) is 0 Å². The average molecular weight is 231 g/mol. The van der Waals surface area contributed by atoms with Crippen molar-refractivity contribution >= 4 is 5.97 Å². The molecule has 0 saturated carbocycles. The molecule has 0 saturated heterocycles. The molecule has 0 fully saturated rings. The SMILES string of the molecule is C#CCNC(C)(C(=O)O)c1cc(C)cc(C)c1. The molecular weight excluding hydrogens is 214 g/mol. The molecule has 1 aromatic rings. The Balaban J connectivity index is 3.22. The molecule has 1 atom stereocenters. The lowest BCUT2D eigenvalue weighted by Crippen LogP contribution is -2.46. The lowest BCUT2D eigenvalue weighted by atomic mass is 9.89. The van der Waals surface area contributed by atoms with E-state index >= 15 is 0 Å². The first-order valence-corrected chi connectivity index (χ1v) is 5.41. The fourth-order valence-electron chi connectivity index (χ4n) is 1.79. The van der Waals surface area contributed by atoms with Crippen LogP contribution in [-0.2, 0) is 10.3 Å². The molecule has 0 aromatic heterocycles. The van der Waals surface area contributed by atoms with E-state index in [1.165, 1.54) is 0 Å². The van der Waals surface area contributed by atoms with Gasteiger partial charge in [0.2, 0.25) is 0 Å². The van der Waals surface area contributed by atoms with Crippen LogP contribution in [0.25, 0.3) is 0 Å². The quantitative estimate of drug-likeness (QED) is 0.777. The third-order valence-corrected chi connectivity index (χ3v) is 2.77. The van der Waals surface area contributed by atoms with Gasteiger partial charge in [-0.1, -0.05) is 35.2 Å². The number of hydrogen-bond donors (Lipinski definition) is 2. The predicted octanol–water partition coefficient (Wildman–Crippen LogP) is 1.83. The predicted molar refractivity (Wildman–Crippen MR) is 67.7 cm³/mol. The highest BCUT2D eigenvalue weighted by atomic mass is 16.4. The summed E-state index contributed by atoms with van der Waals surface area (Å²) in [6.45, 7) is 5.73. The second-order valence-corrected chi connectivity index (χ2v) is 4.36. The number of aliphatic carboxylic acids is 1. The number of hydrogen-bond acceptors (Lipinski definition) is 2. The summed E-state index contributed by atoms with van der Waals surface area (Å²) in [5, 5.41) is 12.2. The van der Waals surface area contributed by atoms with Gasteiger partial charge in [0.25, 0.3) is 0 Å². The van der Waals surface area contributed by atoms with E-state index in [0.717, 1.165) is 16.7 Å². The first kappa shape index (κ1) is 13.3. The van der Waals surface area contributed by atoms with Crippen molar-refractivity contribution in [2.45, 2.75) is 26.3 Å². The second kappa shape index (κ2) is 5.03. The summed E-state index contributed by atoms with van der Waals surface area (Å²) in [5.41, 5.74) is 1.64. The van der Waals surface area contributed by atoms with Crippen LogP contribution in [0, 0.1) is 26.2 Å². The second-order valence-electron chi connectivity index (χ2n) is 4.36. The van der Waals surface area contributed by atoms with E-state index in [2.05, 4.69) is 11.2 Å². The Hall–Kier alpha value is -1.79. The van der Waals surface area contributed by atoms with Gasteiger partial charge in [0.05, 0.1) is 6.54 Å². The molecule has 0 amide bonds. The standard InChI is InChI=1S/C14H17NO2/c1-5-6-15-14(4,13(16)17)12-8-10(2)7-11(3)9-12/h1,7-9,15H,6H2,2-4H3,(H,16,17). The Bertz CT molecular complexity index is 453. The van der Waals surface area contributed by atoms with Crippen molar-refractivity contribution in [3.8, 4) is 12.3 Å². The fraction of sp³-hybridized carbons (Fsp3) is 0.357. The van der Waals surface area contributed by atoms with Crippen molar-refractivity contribution in [3.63, 3.8) is 0 Å². The number of nitrogens with one attached hydrogen (secondary N) is 1. The molecule has 0 aliphatic heterocycles. The Morgan fingerprint density at radius 1 is 1.41 bits per heavy atom. The molecule has 3 heteroatoms. The Labute approximate surface area is 102 Å². The molecule has 3 nitrogen and oxygen atoms in total. The summed E-state index contributed by atoms with van der Waals surface area (Å²) in [6.07, 6.45) is 5.17. The molecule has 0 aliphatic carbocycles. The van der Waals surface area contributed by atoms with Gasteiger partial charge >= 0.3 is 5.97 Å². The van der Waals surface area contributed by atoms with Gasteiger partial charge in [0.1, 0.15) is 5.54 Å². The van der Waals surface area contributed by atoms with Crippen LogP contribution in [0.4, 0.5) is 0 Å². The Morgan fingerprint density at radius 3 is 2.35 bits per heavy atom. The third kappa shape index (κ3) is 2.86. The molecule has 0 spiro atoms. The van der Waals surface area contributed by atoms with Gasteiger partial charge < -0.3 is 5.11 Å². The van der Waals surface area contributed by atoms with Crippen LogP contribution in [0.3, 0.4) is 0 Å². The minimum Gasteiger partial charge on any atom is -0.480 e. The van der Waals surface area contributed by atoms with Crippen molar-refractivity contribution in [1.82, 2.24) is 5.32 Å². The largest absolute Gasteiger partial charge is 0.480 e. The van der Waals surface area contributed by atoms with Crippen LogP contribution >= 0.6 is 0 Å². The average Bonchev–Trinajstić information content (AvgIpc) is 2.24. The zero-order chi connectivity index (χ0) is 13.1. The summed E-state index contributed by atoms with van der Waals surface area (Å²) in [7, 11) is 0. The van der Waals surface area contributed by atoms with Crippen LogP contribution < -0.4 is 5.32 Å². The lowest BCUT2D eigenvalue weighted by Gasteiger charge is -2.26. The fourth-order valence-corrected chi connectivity index (χ4v) is 1.79. The topological polar surface area (TPSA) is 49.3 Å². The van der Waals surface area contributed by atoms with Crippen molar-refractivity contribution in [1.29, 1.82) is 0 Å². The van der Waals surface area contributed by atoms with Gasteiger partial charge in [-0.25, -0.2) is 4.79 Å². The normalized spacial score (nSPS) is 13.8. The maximum Gasteiger partial charge on any atom is 0.328 e. The Kier molecular flexibility index (Phi) is 3.93. The summed E-state index contributed by atoms with van der Waals surface area (Å²) in [5.74, 6) is 1.47. The highest BCUT2D eigenvalue weighted by Crippen LogP contribution is 2.23. The maximum absolute atomic E-state index is 11.4. The number of rotatable bonds is 4. The Morgan fingerprint density at radius 2 is 1.94 bits per heavy atom. The smallest absolute Gasteiger partial charge is 0.328 e. The van der Waals surface area contributed by atoms with E-state index in [-0.39, 0.29) is 6.54 Å². The molecule has 2 N–H and O–H groups in total. The molecule has 17 heavy (non-hydrogen) atoms. The van der Waals surface area contributed by atoms with Crippen LogP contribution in [0.1, 0.15) is 23.6 Å². The monoisotopic (exact) mass is 231 g/mol. The van der Waals surface area contributed by atoms with Crippen molar-refractivity contribution < 1.29 is 9.90 Å². The van der Waals surface area contributed by atoms with Gasteiger partial charge in [0, 0.05) is 0 Å². The first-order valence-electron chi connectivity index (χ1n) is 5.41. The number of benzene rings is 1. The number of aryl methyl sites for hydroxylation is 2. The van der Waals surface area contributed by atoms with E-state index in [0.29, 0.717) is 0 Å². The van der Waals surface area contributed by atoms with Crippen molar-refractivity contribution in [2.75, 3.05) is 6.54 Å². The van der Waals surface area contributed by atoms with Crippen LogP contribution in [0.5, 0.6) is 0 Å². The van der Waals surface area contributed by atoms with Gasteiger partial charge in [-0.05, 0) is 26.3 Å². The molecular formula is C14H17NO2. The van der Waals surface area contributed by atoms with E-state index in [1.807, 2.05) is 32.0 Å². The zero-order valence-corrected chi connectivity index (χ0v) is 10.4. The van der Waals surface area contributed by atoms with Gasteiger partial charge in [-0.3, -0.25) is 5.32 Å². The summed E-state index contributed by atoms with van der Waals surface area (Å²) < 4.78 is 0. The molecule has 1 aromatic carbocycles. The van der Waals surface area contributed by atoms with Crippen LogP contribution in [-0.4, -0.2) is 17.6 Å². The summed E-state index contributed by atoms with van der Waals surface area (Å²) in [6, 6.07) is 5.74. The van der Waals surface area contributed by atoms with E-state index in [9.17, 15) is 9.90 Å². The summed E-state index contributed by atoms with van der Waals surface area (Å²) in [4.78, 5) is 11.4. The van der Waals surface area contributed by atoms with Gasteiger partial charge in [-0.2, -0.15) is 0 Å². The highest BCUT2D eigenvalue weighted by Gasteiger charge is 2.34. The first-order chi connectivity index (χ1) is 7.90. The van der Waals surface area contributed by atoms with Crippen molar-refractivity contribution in [3.05, 3.63) is 34.9 Å². The van der Waals surface area contributed by atoms with E-state index in [1.54, 1.807) is 6.92 Å². The van der Waals surface area contributed by atoms with Gasteiger partial charge in [-0.15, -0.1) is 6.42 Å². The number of carboxylic acids is 1. The van der Waals surface area contributed by atoms with Crippen molar-refractivity contribution in [2.24, 2.45) is 0 Å². The van der Waals surface area contributed by atoms with E-state index in [4.69, 9.17) is 6.42 Å². The number of carbonyl (C=O) groups is 1. The molecule has 0 radical (unpaired) electrons.